The number of hydrogen-bond acceptors (Lipinski definition) is 3. The topological polar surface area (TPSA) is 21.3 Å². The van der Waals surface area contributed by atoms with E-state index in [0.717, 1.165) is 0 Å². The molecule has 0 aliphatic carbocycles. The summed E-state index contributed by atoms with van der Waals surface area (Å²) in [7, 11) is 0. The van der Waals surface area contributed by atoms with Crippen LogP contribution in [-0.4, -0.2) is 12.1 Å². The lowest BCUT2D eigenvalue weighted by atomic mass is 10.7. The molecule has 0 radical (unpaired) electrons. The van der Waals surface area contributed by atoms with Crippen molar-refractivity contribution in [3.63, 3.8) is 0 Å². The quantitative estimate of drug-likeness (QED) is 0.455. The first-order chi connectivity index (χ1) is 2.89. The first kappa shape index (κ1) is 4.43. The van der Waals surface area contributed by atoms with Crippen LogP contribution in [0.1, 0.15) is 6.92 Å². The maximum atomic E-state index is 4.86. The second kappa shape index (κ2) is 1.82. The molecular formula is C3H7NOS. The normalized spacial score (nSPS) is 34.5. The van der Waals surface area contributed by atoms with Gasteiger partial charge in [-0.3, -0.25) is 9.50 Å². The molecule has 0 bridgehead atoms. The number of rotatable bonds is 0. The molecule has 2 nitrogen and oxygen atoms in total. The van der Waals surface area contributed by atoms with Crippen molar-refractivity contribution in [1.29, 1.82) is 0 Å². The highest BCUT2D eigenvalue weighted by Gasteiger charge is 2.07. The summed E-state index contributed by atoms with van der Waals surface area (Å²) in [6, 6.07) is 0. The third kappa shape index (κ3) is 0.864. The van der Waals surface area contributed by atoms with Gasteiger partial charge in [0.05, 0.1) is 5.37 Å². The fourth-order valence-corrected chi connectivity index (χ4v) is 0.798. The van der Waals surface area contributed by atoms with E-state index >= 15 is 0 Å². The average molecular weight is 105 g/mol. The molecule has 1 N–H and O–H groups in total. The van der Waals surface area contributed by atoms with Crippen LogP contribution in [0, 0.1) is 0 Å². The molecule has 0 amide bonds. The van der Waals surface area contributed by atoms with Crippen molar-refractivity contribution >= 4 is 12.0 Å². The smallest absolute Gasteiger partial charge is 0.112 e. The van der Waals surface area contributed by atoms with Crippen molar-refractivity contribution < 1.29 is 4.18 Å². The molecule has 36 valence electrons. The van der Waals surface area contributed by atoms with Crippen LogP contribution in [0.2, 0.25) is 0 Å². The molecule has 1 saturated heterocycles. The van der Waals surface area contributed by atoms with Crippen molar-refractivity contribution in [1.82, 2.24) is 5.32 Å². The Labute approximate surface area is 41.5 Å². The van der Waals surface area contributed by atoms with Crippen LogP contribution < -0.4 is 5.32 Å². The minimum absolute atomic E-state index is 0.491. The Morgan fingerprint density at radius 2 is 2.83 bits per heavy atom. The molecule has 0 saturated carbocycles. The highest BCUT2D eigenvalue weighted by atomic mass is 32.2. The fourth-order valence-electron chi connectivity index (χ4n) is 0.321. The third-order valence-corrected chi connectivity index (χ3v) is 1.35. The summed E-state index contributed by atoms with van der Waals surface area (Å²) in [5.41, 5.74) is 0. The van der Waals surface area contributed by atoms with Crippen LogP contribution in [0.15, 0.2) is 0 Å². The predicted molar refractivity (Wildman–Crippen MR) is 26.1 cm³/mol. The van der Waals surface area contributed by atoms with Crippen LogP contribution in [0.4, 0.5) is 0 Å². The fraction of sp³-hybridized carbons (Fsp3) is 1.00. The Bertz CT molecular complexity index is 44.1. The van der Waals surface area contributed by atoms with Crippen LogP contribution >= 0.6 is 12.0 Å². The third-order valence-electron chi connectivity index (χ3n) is 0.642. The summed E-state index contributed by atoms with van der Waals surface area (Å²) in [4.78, 5) is 0. The summed E-state index contributed by atoms with van der Waals surface area (Å²) in [5.74, 6) is 0. The van der Waals surface area contributed by atoms with Gasteiger partial charge in [-0.05, 0) is 6.92 Å². The van der Waals surface area contributed by atoms with E-state index in [1.54, 1.807) is 0 Å². The molecule has 0 aromatic carbocycles. The molecule has 1 aliphatic rings. The lowest BCUT2D eigenvalue weighted by Gasteiger charge is -1.89. The molecule has 0 aromatic rings. The predicted octanol–water partition coefficient (Wildman–Crippen LogP) is 0.558. The second-order valence-corrected chi connectivity index (χ2v) is 2.34. The zero-order chi connectivity index (χ0) is 4.41. The van der Waals surface area contributed by atoms with E-state index in [1.807, 2.05) is 0 Å². The molecule has 1 fully saturated rings. The lowest BCUT2D eigenvalue weighted by Crippen LogP contribution is -2.14. The average Bonchev–Trinajstić information content (AvgIpc) is 1.86. The van der Waals surface area contributed by atoms with E-state index in [4.69, 9.17) is 4.18 Å². The van der Waals surface area contributed by atoms with Crippen molar-refractivity contribution in [3.8, 4) is 0 Å². The van der Waals surface area contributed by atoms with Gasteiger partial charge in [0.1, 0.15) is 6.73 Å². The van der Waals surface area contributed by atoms with E-state index in [1.165, 1.54) is 12.0 Å². The lowest BCUT2D eigenvalue weighted by molar-refractivity contribution is 0.373. The van der Waals surface area contributed by atoms with E-state index in [9.17, 15) is 0 Å². The Balaban J connectivity index is 2.18. The standard InChI is InChI=1S/C3H7NOS/c1-3-4-2-5-6-3/h3-4H,2H2,1H3. The summed E-state index contributed by atoms with van der Waals surface area (Å²) in [6.07, 6.45) is 0. The molecule has 1 heterocycles. The highest BCUT2D eigenvalue weighted by Crippen LogP contribution is 2.13. The number of nitrogens with one attached hydrogen (secondary N) is 1. The van der Waals surface area contributed by atoms with Crippen LogP contribution in [0.5, 0.6) is 0 Å². The van der Waals surface area contributed by atoms with E-state index < -0.39 is 0 Å². The largest absolute Gasteiger partial charge is 0.298 e. The molecular weight excluding hydrogens is 98.1 g/mol. The van der Waals surface area contributed by atoms with Gasteiger partial charge in [0.15, 0.2) is 0 Å². The monoisotopic (exact) mass is 105 g/mol. The van der Waals surface area contributed by atoms with Gasteiger partial charge in [-0.2, -0.15) is 0 Å². The van der Waals surface area contributed by atoms with Crippen molar-refractivity contribution in [2.75, 3.05) is 6.73 Å². The molecule has 1 unspecified atom stereocenters. The van der Waals surface area contributed by atoms with Crippen LogP contribution in [0.25, 0.3) is 0 Å². The molecule has 6 heavy (non-hydrogen) atoms. The zero-order valence-corrected chi connectivity index (χ0v) is 4.42. The molecule has 0 spiro atoms. The van der Waals surface area contributed by atoms with Gasteiger partial charge < -0.3 is 0 Å². The summed E-state index contributed by atoms with van der Waals surface area (Å²) in [6.45, 7) is 2.77. The first-order valence-corrected chi connectivity index (χ1v) is 2.72. The molecule has 1 aliphatic heterocycles. The Morgan fingerprint density at radius 1 is 2.00 bits per heavy atom. The Hall–Kier alpha value is 0.270. The van der Waals surface area contributed by atoms with Crippen molar-refractivity contribution in [3.05, 3.63) is 0 Å². The Kier molecular flexibility index (Phi) is 1.34. The van der Waals surface area contributed by atoms with Crippen LogP contribution in [-0.2, 0) is 4.18 Å². The zero-order valence-electron chi connectivity index (χ0n) is 3.60. The molecule has 3 heteroatoms. The van der Waals surface area contributed by atoms with E-state index in [-0.39, 0.29) is 0 Å². The maximum Gasteiger partial charge on any atom is 0.112 e. The minimum atomic E-state index is 0.491. The number of hydrogen-bond donors (Lipinski definition) is 1. The van der Waals surface area contributed by atoms with Gasteiger partial charge in [0.25, 0.3) is 0 Å². The second-order valence-electron chi connectivity index (χ2n) is 1.20. The summed E-state index contributed by atoms with van der Waals surface area (Å²) < 4.78 is 4.86. The highest BCUT2D eigenvalue weighted by molar-refractivity contribution is 7.95. The van der Waals surface area contributed by atoms with Gasteiger partial charge in [-0.15, -0.1) is 0 Å². The molecule has 1 rings (SSSR count). The van der Waals surface area contributed by atoms with Gasteiger partial charge in [0.2, 0.25) is 0 Å². The molecule has 1 atom stereocenters. The van der Waals surface area contributed by atoms with E-state index in [0.29, 0.717) is 12.1 Å². The van der Waals surface area contributed by atoms with Gasteiger partial charge in [0, 0.05) is 12.0 Å². The van der Waals surface area contributed by atoms with Gasteiger partial charge in [-0.25, -0.2) is 0 Å². The molecule has 0 aromatic heterocycles. The van der Waals surface area contributed by atoms with Crippen molar-refractivity contribution in [2.45, 2.75) is 12.3 Å². The SMILES string of the molecule is CC1NCOS1. The minimum Gasteiger partial charge on any atom is -0.298 e. The van der Waals surface area contributed by atoms with Crippen molar-refractivity contribution in [2.24, 2.45) is 0 Å². The summed E-state index contributed by atoms with van der Waals surface area (Å²) >= 11 is 1.49. The van der Waals surface area contributed by atoms with Gasteiger partial charge >= 0.3 is 0 Å². The Morgan fingerprint density at radius 3 is 3.00 bits per heavy atom. The van der Waals surface area contributed by atoms with E-state index in [2.05, 4.69) is 12.2 Å². The maximum absolute atomic E-state index is 4.86. The summed E-state index contributed by atoms with van der Waals surface area (Å²) in [5, 5.41) is 3.55. The van der Waals surface area contributed by atoms with Gasteiger partial charge in [-0.1, -0.05) is 0 Å². The first-order valence-electron chi connectivity index (χ1n) is 1.91. The van der Waals surface area contributed by atoms with Crippen LogP contribution in [0.3, 0.4) is 0 Å².